The molecule has 1 aliphatic carbocycles. The quantitative estimate of drug-likeness (QED) is 0.907. The summed E-state index contributed by atoms with van der Waals surface area (Å²) >= 11 is 0. The Balaban J connectivity index is 1.62. The Kier molecular flexibility index (Phi) is 3.06. The van der Waals surface area contributed by atoms with Gasteiger partial charge in [-0.25, -0.2) is 4.98 Å². The smallest absolute Gasteiger partial charge is 0.262 e. The molecule has 2 atom stereocenters. The van der Waals surface area contributed by atoms with Crippen molar-refractivity contribution in [3.63, 3.8) is 0 Å². The monoisotopic (exact) mass is 287 g/mol. The second kappa shape index (κ2) is 4.94. The Morgan fingerprint density at radius 1 is 1.33 bits per heavy atom. The summed E-state index contributed by atoms with van der Waals surface area (Å²) in [6.07, 6.45) is 8.25. The highest BCUT2D eigenvalue weighted by Crippen LogP contribution is 2.36. The molecule has 1 saturated heterocycles. The molecule has 1 saturated carbocycles. The highest BCUT2D eigenvalue weighted by atomic mass is 16.1. The molecule has 6 heteroatoms. The zero-order valence-corrected chi connectivity index (χ0v) is 12.4. The molecule has 0 aromatic carbocycles. The van der Waals surface area contributed by atoms with E-state index in [1.165, 1.54) is 32.1 Å². The van der Waals surface area contributed by atoms with Crippen molar-refractivity contribution in [2.75, 3.05) is 6.54 Å². The third-order valence-electron chi connectivity index (χ3n) is 5.13. The third-order valence-corrected chi connectivity index (χ3v) is 5.13. The van der Waals surface area contributed by atoms with Crippen LogP contribution in [0.15, 0.2) is 11.0 Å². The van der Waals surface area contributed by atoms with E-state index in [0.717, 1.165) is 24.8 Å². The van der Waals surface area contributed by atoms with Gasteiger partial charge >= 0.3 is 0 Å². The lowest BCUT2D eigenvalue weighted by molar-refractivity contribution is 0.172. The number of aryl methyl sites for hydroxylation is 1. The first-order chi connectivity index (χ1) is 10.2. The summed E-state index contributed by atoms with van der Waals surface area (Å²) in [4.78, 5) is 22.1. The standard InChI is InChI=1S/C15H21N5O/c1-19-14-11(8-16-19)15(21)18-13(17-14)9-20-7-6-10-4-2-3-5-12(10)20/h8,10,12H,2-7,9H2,1H3,(H,17,18,21)/t10-,12+/m1/s1. The number of likely N-dealkylation sites (tertiary alicyclic amines) is 1. The van der Waals surface area contributed by atoms with E-state index in [2.05, 4.69) is 20.0 Å². The SMILES string of the molecule is Cn1ncc2c(=O)[nH]c(CN3CC[C@H]4CCCC[C@@H]43)nc21. The van der Waals surface area contributed by atoms with Crippen LogP contribution in [0, 0.1) is 5.92 Å². The molecule has 2 aromatic rings. The summed E-state index contributed by atoms with van der Waals surface area (Å²) in [5.74, 6) is 1.62. The maximum atomic E-state index is 12.1. The number of hydrogen-bond donors (Lipinski definition) is 1. The van der Waals surface area contributed by atoms with Crippen LogP contribution in [-0.2, 0) is 13.6 Å². The molecule has 1 aliphatic heterocycles. The number of rotatable bonds is 2. The molecule has 6 nitrogen and oxygen atoms in total. The van der Waals surface area contributed by atoms with Gasteiger partial charge in [-0.05, 0) is 31.7 Å². The fraction of sp³-hybridized carbons (Fsp3) is 0.667. The molecule has 2 fully saturated rings. The lowest BCUT2D eigenvalue weighted by atomic mass is 9.85. The van der Waals surface area contributed by atoms with Gasteiger partial charge in [-0.2, -0.15) is 5.10 Å². The van der Waals surface area contributed by atoms with Crippen molar-refractivity contribution in [3.8, 4) is 0 Å². The van der Waals surface area contributed by atoms with Crippen molar-refractivity contribution in [1.82, 2.24) is 24.6 Å². The first kappa shape index (κ1) is 13.0. The zero-order valence-electron chi connectivity index (χ0n) is 12.4. The molecule has 112 valence electrons. The van der Waals surface area contributed by atoms with Gasteiger partial charge < -0.3 is 4.98 Å². The van der Waals surface area contributed by atoms with Gasteiger partial charge in [0.25, 0.3) is 5.56 Å². The van der Waals surface area contributed by atoms with E-state index in [-0.39, 0.29) is 5.56 Å². The van der Waals surface area contributed by atoms with E-state index >= 15 is 0 Å². The summed E-state index contributed by atoms with van der Waals surface area (Å²) in [6.45, 7) is 1.87. The van der Waals surface area contributed by atoms with E-state index < -0.39 is 0 Å². The van der Waals surface area contributed by atoms with Gasteiger partial charge in [0.2, 0.25) is 0 Å². The molecule has 21 heavy (non-hydrogen) atoms. The van der Waals surface area contributed by atoms with Gasteiger partial charge in [0, 0.05) is 13.1 Å². The lowest BCUT2D eigenvalue weighted by Crippen LogP contribution is -2.35. The topological polar surface area (TPSA) is 66.8 Å². The fourth-order valence-corrected chi connectivity index (χ4v) is 4.04. The molecule has 0 unspecified atom stereocenters. The van der Waals surface area contributed by atoms with Crippen LogP contribution in [0.1, 0.15) is 37.9 Å². The Bertz CT molecular complexity index is 718. The van der Waals surface area contributed by atoms with E-state index in [9.17, 15) is 4.79 Å². The fourth-order valence-electron chi connectivity index (χ4n) is 4.04. The first-order valence-electron chi connectivity index (χ1n) is 7.87. The molecular weight excluding hydrogens is 266 g/mol. The Hall–Kier alpha value is -1.69. The van der Waals surface area contributed by atoms with Gasteiger partial charge in [-0.1, -0.05) is 12.8 Å². The average molecular weight is 287 g/mol. The van der Waals surface area contributed by atoms with Gasteiger partial charge in [0.05, 0.1) is 12.7 Å². The number of nitrogens with one attached hydrogen (secondary N) is 1. The van der Waals surface area contributed by atoms with E-state index in [1.807, 2.05) is 7.05 Å². The minimum absolute atomic E-state index is 0.0810. The minimum Gasteiger partial charge on any atom is -0.309 e. The van der Waals surface area contributed by atoms with Crippen LogP contribution in [0.3, 0.4) is 0 Å². The van der Waals surface area contributed by atoms with Crippen molar-refractivity contribution < 1.29 is 0 Å². The number of H-pyrrole nitrogens is 1. The number of fused-ring (bicyclic) bond motifs is 2. The zero-order chi connectivity index (χ0) is 14.4. The molecule has 0 amide bonds. The van der Waals surface area contributed by atoms with Crippen LogP contribution in [0.4, 0.5) is 0 Å². The van der Waals surface area contributed by atoms with Crippen molar-refractivity contribution in [1.29, 1.82) is 0 Å². The maximum absolute atomic E-state index is 12.1. The summed E-state index contributed by atoms with van der Waals surface area (Å²) in [6, 6.07) is 0.686. The molecule has 0 radical (unpaired) electrons. The van der Waals surface area contributed by atoms with Crippen LogP contribution in [0.5, 0.6) is 0 Å². The first-order valence-corrected chi connectivity index (χ1v) is 7.87. The van der Waals surface area contributed by atoms with E-state index in [0.29, 0.717) is 17.1 Å². The van der Waals surface area contributed by atoms with E-state index in [1.54, 1.807) is 10.9 Å². The van der Waals surface area contributed by atoms with Crippen LogP contribution in [-0.4, -0.2) is 37.2 Å². The minimum atomic E-state index is -0.0810. The van der Waals surface area contributed by atoms with Crippen LogP contribution in [0.25, 0.3) is 11.0 Å². The summed E-state index contributed by atoms with van der Waals surface area (Å²) in [7, 11) is 1.82. The highest BCUT2D eigenvalue weighted by molar-refractivity contribution is 5.72. The van der Waals surface area contributed by atoms with Gasteiger partial charge in [-0.15, -0.1) is 0 Å². The van der Waals surface area contributed by atoms with Gasteiger partial charge in [0.15, 0.2) is 5.65 Å². The third kappa shape index (κ3) is 2.18. The largest absolute Gasteiger partial charge is 0.309 e. The van der Waals surface area contributed by atoms with Crippen LogP contribution in [0.2, 0.25) is 0 Å². The van der Waals surface area contributed by atoms with Crippen molar-refractivity contribution in [3.05, 3.63) is 22.4 Å². The molecule has 1 N–H and O–H groups in total. The summed E-state index contributed by atoms with van der Waals surface area (Å²) in [5, 5.41) is 4.68. The van der Waals surface area contributed by atoms with Crippen molar-refractivity contribution in [2.45, 2.75) is 44.7 Å². The summed E-state index contributed by atoms with van der Waals surface area (Å²) < 4.78 is 1.67. The van der Waals surface area contributed by atoms with E-state index in [4.69, 9.17) is 0 Å². The molecular formula is C15H21N5O. The van der Waals surface area contributed by atoms with Crippen molar-refractivity contribution >= 4 is 11.0 Å². The van der Waals surface area contributed by atoms with Crippen LogP contribution < -0.4 is 5.56 Å². The predicted molar refractivity (Wildman–Crippen MR) is 79.9 cm³/mol. The molecule has 2 aromatic heterocycles. The normalized spacial score (nSPS) is 26.3. The Labute approximate surface area is 123 Å². The number of nitrogens with zero attached hydrogens (tertiary/aromatic N) is 4. The lowest BCUT2D eigenvalue weighted by Gasteiger charge is -2.31. The second-order valence-electron chi connectivity index (χ2n) is 6.39. The highest BCUT2D eigenvalue weighted by Gasteiger charge is 2.35. The van der Waals surface area contributed by atoms with Crippen LogP contribution >= 0.6 is 0 Å². The molecule has 4 rings (SSSR count). The molecule has 3 heterocycles. The number of hydrogen-bond acceptors (Lipinski definition) is 4. The van der Waals surface area contributed by atoms with Gasteiger partial charge in [-0.3, -0.25) is 14.4 Å². The van der Waals surface area contributed by atoms with Gasteiger partial charge in [0.1, 0.15) is 11.2 Å². The maximum Gasteiger partial charge on any atom is 0.262 e. The molecule has 0 spiro atoms. The number of aromatic amines is 1. The average Bonchev–Trinajstić information content (AvgIpc) is 3.05. The Morgan fingerprint density at radius 3 is 3.10 bits per heavy atom. The molecule has 2 aliphatic rings. The second-order valence-corrected chi connectivity index (χ2v) is 6.39. The molecule has 0 bridgehead atoms. The Morgan fingerprint density at radius 2 is 2.19 bits per heavy atom. The van der Waals surface area contributed by atoms with Crippen molar-refractivity contribution in [2.24, 2.45) is 13.0 Å². The number of aromatic nitrogens is 4. The predicted octanol–water partition coefficient (Wildman–Crippen LogP) is 1.42. The summed E-state index contributed by atoms with van der Waals surface area (Å²) in [5.41, 5.74) is 0.593.